The highest BCUT2D eigenvalue weighted by molar-refractivity contribution is 7.89. The molecule has 7 nitrogen and oxygen atoms in total. The molecular weight excluding hydrogens is 376 g/mol. The van der Waals surface area contributed by atoms with Crippen LogP contribution in [-0.2, 0) is 21.3 Å². The predicted octanol–water partition coefficient (Wildman–Crippen LogP) is 1.95. The number of nitrogens with one attached hydrogen (secondary N) is 2. The summed E-state index contributed by atoms with van der Waals surface area (Å²) in [4.78, 5) is 6.93. The molecule has 3 rings (SSSR count). The monoisotopic (exact) mass is 408 g/mol. The lowest BCUT2D eigenvalue weighted by molar-refractivity contribution is 0.114. The van der Waals surface area contributed by atoms with Gasteiger partial charge < -0.3 is 15.0 Å². The fourth-order valence-corrected chi connectivity index (χ4v) is 4.75. The van der Waals surface area contributed by atoms with Crippen LogP contribution in [0.25, 0.3) is 0 Å². The van der Waals surface area contributed by atoms with Crippen LogP contribution in [0.4, 0.5) is 0 Å². The van der Waals surface area contributed by atoms with Gasteiger partial charge in [-0.15, -0.1) is 0 Å². The van der Waals surface area contributed by atoms with Gasteiger partial charge in [0.25, 0.3) is 0 Å². The van der Waals surface area contributed by atoms with E-state index in [1.54, 1.807) is 19.2 Å². The Labute approximate surface area is 168 Å². The maximum absolute atomic E-state index is 12.4. The lowest BCUT2D eigenvalue weighted by Gasteiger charge is -2.23. The van der Waals surface area contributed by atoms with Gasteiger partial charge in [0, 0.05) is 39.8 Å². The van der Waals surface area contributed by atoms with Crippen LogP contribution in [0.2, 0.25) is 0 Å². The van der Waals surface area contributed by atoms with E-state index in [9.17, 15) is 8.42 Å². The molecule has 2 heterocycles. The van der Waals surface area contributed by atoms with Crippen molar-refractivity contribution in [2.45, 2.75) is 50.7 Å². The number of guanidine groups is 1. The van der Waals surface area contributed by atoms with Crippen LogP contribution in [-0.4, -0.2) is 58.7 Å². The van der Waals surface area contributed by atoms with Crippen LogP contribution in [0, 0.1) is 5.41 Å². The first-order valence-electron chi connectivity index (χ1n) is 9.95. The Balaban J connectivity index is 1.53. The van der Waals surface area contributed by atoms with E-state index in [1.165, 1.54) is 0 Å². The fourth-order valence-electron chi connectivity index (χ4n) is 3.68. The number of rotatable bonds is 6. The summed E-state index contributed by atoms with van der Waals surface area (Å²) < 4.78 is 33.0. The molecule has 0 aromatic heterocycles. The number of hydrogen-bond acceptors (Lipinski definition) is 4. The van der Waals surface area contributed by atoms with Gasteiger partial charge in [0.2, 0.25) is 10.0 Å². The molecule has 0 aliphatic carbocycles. The number of nitrogens with zero attached hydrogens (tertiary/aromatic N) is 2. The number of aliphatic imine (C=N–C) groups is 1. The van der Waals surface area contributed by atoms with E-state index in [1.807, 2.05) is 12.1 Å². The number of sulfonamides is 1. The van der Waals surface area contributed by atoms with E-state index >= 15 is 0 Å². The van der Waals surface area contributed by atoms with Gasteiger partial charge in [-0.05, 0) is 42.4 Å². The number of ether oxygens (including phenoxy) is 1. The molecule has 0 radical (unpaired) electrons. The molecule has 28 heavy (non-hydrogen) atoms. The molecule has 1 atom stereocenters. The minimum atomic E-state index is -3.51. The maximum atomic E-state index is 12.4. The maximum Gasteiger partial charge on any atom is 0.240 e. The third-order valence-electron chi connectivity index (χ3n) is 5.40. The molecule has 2 aliphatic rings. The molecular formula is C20H32N4O3S. The highest BCUT2D eigenvalue weighted by Crippen LogP contribution is 2.28. The van der Waals surface area contributed by atoms with Crippen molar-refractivity contribution in [1.29, 1.82) is 0 Å². The van der Waals surface area contributed by atoms with E-state index in [0.29, 0.717) is 25.1 Å². The minimum absolute atomic E-state index is 0.0134. The Morgan fingerprint density at radius 1 is 1.32 bits per heavy atom. The summed E-state index contributed by atoms with van der Waals surface area (Å²) in [5.41, 5.74) is 1.32. The van der Waals surface area contributed by atoms with Crippen molar-refractivity contribution < 1.29 is 13.2 Å². The van der Waals surface area contributed by atoms with Crippen molar-refractivity contribution in [1.82, 2.24) is 14.9 Å². The second-order valence-corrected chi connectivity index (χ2v) is 10.1. The standard InChI is InChI=1S/C20H32N4O3S/c1-20(2)10-11-24(15-20)19(21-3)22-13-16-6-8-18(9-7-16)28(25,26)23-14-17-5-4-12-27-17/h6-9,17,23H,4-5,10-15H2,1-3H3,(H,21,22). The van der Waals surface area contributed by atoms with Crippen LogP contribution in [0.5, 0.6) is 0 Å². The summed E-state index contributed by atoms with van der Waals surface area (Å²) in [5.74, 6) is 0.889. The van der Waals surface area contributed by atoms with Gasteiger partial charge in [0.15, 0.2) is 5.96 Å². The van der Waals surface area contributed by atoms with Gasteiger partial charge in [-0.2, -0.15) is 0 Å². The van der Waals surface area contributed by atoms with Crippen LogP contribution in [0.15, 0.2) is 34.2 Å². The normalized spacial score (nSPS) is 22.6. The first kappa shape index (κ1) is 21.1. The number of likely N-dealkylation sites (tertiary alicyclic amines) is 1. The summed E-state index contributed by atoms with van der Waals surface area (Å²) in [7, 11) is -1.71. The Bertz CT molecular complexity index is 784. The van der Waals surface area contributed by atoms with E-state index < -0.39 is 10.0 Å². The van der Waals surface area contributed by atoms with Crippen molar-refractivity contribution in [3.63, 3.8) is 0 Å². The zero-order chi connectivity index (χ0) is 20.2. The van der Waals surface area contributed by atoms with E-state index in [2.05, 4.69) is 33.8 Å². The molecule has 1 aromatic rings. The first-order valence-corrected chi connectivity index (χ1v) is 11.4. The molecule has 1 unspecified atom stereocenters. The quantitative estimate of drug-likeness (QED) is 0.555. The minimum Gasteiger partial charge on any atom is -0.377 e. The number of hydrogen-bond donors (Lipinski definition) is 2. The van der Waals surface area contributed by atoms with E-state index in [-0.39, 0.29) is 11.0 Å². The average molecular weight is 409 g/mol. The van der Waals surface area contributed by atoms with Crippen molar-refractivity contribution in [3.05, 3.63) is 29.8 Å². The van der Waals surface area contributed by atoms with Crippen molar-refractivity contribution in [2.75, 3.05) is 33.3 Å². The third-order valence-corrected chi connectivity index (χ3v) is 6.84. The molecule has 2 fully saturated rings. The molecule has 0 amide bonds. The molecule has 0 saturated carbocycles. The second kappa shape index (κ2) is 8.80. The molecule has 0 spiro atoms. The molecule has 2 aliphatic heterocycles. The summed E-state index contributed by atoms with van der Waals surface area (Å²) >= 11 is 0. The zero-order valence-electron chi connectivity index (χ0n) is 17.1. The van der Waals surface area contributed by atoms with Gasteiger partial charge in [-0.25, -0.2) is 13.1 Å². The van der Waals surface area contributed by atoms with Crippen LogP contribution >= 0.6 is 0 Å². The highest BCUT2D eigenvalue weighted by atomic mass is 32.2. The summed E-state index contributed by atoms with van der Waals surface area (Å²) in [6.45, 7) is 8.17. The van der Waals surface area contributed by atoms with Crippen molar-refractivity contribution >= 4 is 16.0 Å². The highest BCUT2D eigenvalue weighted by Gasteiger charge is 2.30. The number of benzene rings is 1. The predicted molar refractivity (Wildman–Crippen MR) is 111 cm³/mol. The van der Waals surface area contributed by atoms with Crippen molar-refractivity contribution in [3.8, 4) is 0 Å². The average Bonchev–Trinajstić information content (AvgIpc) is 3.30. The van der Waals surface area contributed by atoms with Crippen LogP contribution in [0.3, 0.4) is 0 Å². The molecule has 0 bridgehead atoms. The van der Waals surface area contributed by atoms with E-state index in [0.717, 1.165) is 43.9 Å². The topological polar surface area (TPSA) is 83.0 Å². The van der Waals surface area contributed by atoms with Crippen LogP contribution in [0.1, 0.15) is 38.7 Å². The summed E-state index contributed by atoms with van der Waals surface area (Å²) in [6, 6.07) is 6.98. The Morgan fingerprint density at radius 3 is 2.64 bits per heavy atom. The van der Waals surface area contributed by atoms with Gasteiger partial charge in [0.1, 0.15) is 0 Å². The third kappa shape index (κ3) is 5.46. The fraction of sp³-hybridized carbons (Fsp3) is 0.650. The Morgan fingerprint density at radius 2 is 2.07 bits per heavy atom. The lowest BCUT2D eigenvalue weighted by Crippen LogP contribution is -2.40. The lowest BCUT2D eigenvalue weighted by atomic mass is 9.93. The first-order chi connectivity index (χ1) is 13.3. The van der Waals surface area contributed by atoms with E-state index in [4.69, 9.17) is 4.74 Å². The molecule has 2 saturated heterocycles. The Kier molecular flexibility index (Phi) is 6.62. The summed E-state index contributed by atoms with van der Waals surface area (Å²) in [5, 5.41) is 3.38. The van der Waals surface area contributed by atoms with Gasteiger partial charge >= 0.3 is 0 Å². The summed E-state index contributed by atoms with van der Waals surface area (Å²) in [6.07, 6.45) is 3.04. The van der Waals surface area contributed by atoms with Gasteiger partial charge in [-0.3, -0.25) is 4.99 Å². The molecule has 8 heteroatoms. The Hall–Kier alpha value is -1.64. The van der Waals surface area contributed by atoms with Crippen LogP contribution < -0.4 is 10.0 Å². The van der Waals surface area contributed by atoms with Gasteiger partial charge in [0.05, 0.1) is 11.0 Å². The second-order valence-electron chi connectivity index (χ2n) is 8.37. The molecule has 156 valence electrons. The largest absolute Gasteiger partial charge is 0.377 e. The molecule has 1 aromatic carbocycles. The van der Waals surface area contributed by atoms with Gasteiger partial charge in [-0.1, -0.05) is 26.0 Å². The zero-order valence-corrected chi connectivity index (χ0v) is 17.9. The smallest absolute Gasteiger partial charge is 0.240 e. The SMILES string of the molecule is CN=C(NCc1ccc(S(=O)(=O)NCC2CCCO2)cc1)N1CCC(C)(C)C1. The van der Waals surface area contributed by atoms with Crippen molar-refractivity contribution in [2.24, 2.45) is 10.4 Å². The molecule has 2 N–H and O–H groups in total.